The van der Waals surface area contributed by atoms with Crippen molar-refractivity contribution < 1.29 is 58.2 Å². The molecule has 0 spiro atoms. The van der Waals surface area contributed by atoms with E-state index in [4.69, 9.17) is 68.1 Å². The van der Waals surface area contributed by atoms with Crippen molar-refractivity contribution in [1.82, 2.24) is 48.3 Å². The summed E-state index contributed by atoms with van der Waals surface area (Å²) in [5.41, 5.74) is 5.51. The fourth-order valence-electron chi connectivity index (χ4n) is 10.4. The van der Waals surface area contributed by atoms with Gasteiger partial charge >= 0.3 is 7.12 Å². The van der Waals surface area contributed by atoms with E-state index in [9.17, 15) is 10.2 Å². The molecular formula is C60H68BBrN14O12. The smallest absolute Gasteiger partial charge is 0.488 e. The normalized spacial score (nSPS) is 14.4. The van der Waals surface area contributed by atoms with Gasteiger partial charge in [-0.05, 0) is 108 Å². The molecule has 26 nitrogen and oxygen atoms in total. The Kier molecular flexibility index (Phi) is 19.5. The number of halogens is 1. The number of aliphatic hydroxyl groups excluding tert-OH is 2. The van der Waals surface area contributed by atoms with Crippen LogP contribution in [0.25, 0.3) is 33.7 Å². The first-order chi connectivity index (χ1) is 42.8. The topological polar surface area (TPSA) is 281 Å². The Morgan fingerprint density at radius 2 is 0.966 bits per heavy atom. The summed E-state index contributed by atoms with van der Waals surface area (Å²) in [7, 11) is 11.3. The van der Waals surface area contributed by atoms with Crippen LogP contribution in [0.15, 0.2) is 127 Å². The van der Waals surface area contributed by atoms with Crippen LogP contribution in [0, 0.1) is 0 Å². The van der Waals surface area contributed by atoms with Gasteiger partial charge in [-0.3, -0.25) is 0 Å². The van der Waals surface area contributed by atoms with Crippen LogP contribution < -0.4 is 63.8 Å². The van der Waals surface area contributed by atoms with Crippen LogP contribution in [0.1, 0.15) is 25.7 Å². The molecule has 0 saturated carbocycles. The lowest BCUT2D eigenvalue weighted by Gasteiger charge is -2.23. The minimum Gasteiger partial charge on any atom is -0.497 e. The monoisotopic (exact) mass is 1270 g/mol. The fraction of sp³-hybridized carbons (Fsp3) is 0.300. The van der Waals surface area contributed by atoms with Gasteiger partial charge in [-0.2, -0.15) is 9.97 Å². The summed E-state index contributed by atoms with van der Waals surface area (Å²) in [5, 5.41) is 53.5. The first-order valence-electron chi connectivity index (χ1n) is 27.9. The molecular weight excluding hydrogens is 1200 g/mol. The van der Waals surface area contributed by atoms with Crippen molar-refractivity contribution in [2.24, 2.45) is 0 Å². The number of aromatic nitrogens is 10. The first-order valence-corrected chi connectivity index (χ1v) is 28.7. The van der Waals surface area contributed by atoms with Gasteiger partial charge in [-0.15, -0.1) is 10.2 Å². The maximum absolute atomic E-state index is 10.0. The molecule has 460 valence electrons. The maximum atomic E-state index is 10.0. The molecule has 6 N–H and O–H groups in total. The van der Waals surface area contributed by atoms with Crippen LogP contribution in [0.2, 0.25) is 0 Å². The average Bonchev–Trinajstić information content (AvgIpc) is 2.65. The van der Waals surface area contributed by atoms with Gasteiger partial charge in [-0.1, -0.05) is 12.1 Å². The van der Waals surface area contributed by atoms with Gasteiger partial charge in [0.05, 0.1) is 112 Å². The van der Waals surface area contributed by atoms with E-state index in [1.165, 1.54) is 0 Å². The molecule has 4 aromatic carbocycles. The van der Waals surface area contributed by atoms with Crippen LogP contribution in [0.4, 0.5) is 35.2 Å². The summed E-state index contributed by atoms with van der Waals surface area (Å²) < 4.78 is 51.3. The van der Waals surface area contributed by atoms with E-state index in [-0.39, 0.29) is 25.3 Å². The van der Waals surface area contributed by atoms with Crippen LogP contribution in [0.5, 0.6) is 46.0 Å². The molecule has 2 aliphatic heterocycles. The Bertz CT molecular complexity index is 3930. The molecule has 2 aliphatic rings. The zero-order chi connectivity index (χ0) is 62.0. The zero-order valence-electron chi connectivity index (χ0n) is 49.7. The molecule has 0 unspecified atom stereocenters. The molecule has 10 aromatic rings. The van der Waals surface area contributed by atoms with E-state index < -0.39 is 7.12 Å². The van der Waals surface area contributed by atoms with Crippen molar-refractivity contribution in [1.29, 1.82) is 0 Å². The Morgan fingerprint density at radius 1 is 0.534 bits per heavy atom. The van der Waals surface area contributed by atoms with E-state index >= 15 is 0 Å². The zero-order valence-corrected chi connectivity index (χ0v) is 51.3. The molecule has 2 saturated heterocycles. The Labute approximate surface area is 515 Å². The van der Waals surface area contributed by atoms with Crippen molar-refractivity contribution in [2.45, 2.75) is 37.8 Å². The molecule has 0 bridgehead atoms. The van der Waals surface area contributed by atoms with Crippen molar-refractivity contribution in [3.63, 3.8) is 0 Å². The van der Waals surface area contributed by atoms with E-state index in [2.05, 4.69) is 41.4 Å². The number of fused-ring (bicyclic) bond motifs is 2. The Hall–Kier alpha value is -9.48. The highest BCUT2D eigenvalue weighted by Crippen LogP contribution is 2.41. The van der Waals surface area contributed by atoms with Gasteiger partial charge in [-0.25, -0.2) is 19.0 Å². The molecule has 8 heterocycles. The number of hydrogen-bond donors (Lipinski definition) is 6. The Balaban J connectivity index is 0.000000168. The summed E-state index contributed by atoms with van der Waals surface area (Å²) in [5.74, 6) is 8.19. The molecule has 28 heteroatoms. The van der Waals surface area contributed by atoms with Gasteiger partial charge in [0.2, 0.25) is 23.4 Å². The lowest BCUT2D eigenvalue weighted by atomic mass is 9.80. The summed E-state index contributed by atoms with van der Waals surface area (Å²) in [6.45, 7) is 1.67. The largest absolute Gasteiger partial charge is 0.497 e. The van der Waals surface area contributed by atoms with Gasteiger partial charge in [0, 0.05) is 42.9 Å². The predicted molar refractivity (Wildman–Crippen MR) is 336 cm³/mol. The molecule has 0 amide bonds. The average molecular weight is 1270 g/mol. The number of aliphatic hydroxyl groups is 2. The SMILES string of the molecule is COc1cc(-n2cnc(Nc3nc(N4CCC[C@H]4CO)nn4c(Br)ccc34)c2)cc(OC)c1OC.COc1ccc(-c2ccc3c(Nc4cn(-c5cc(OC)c(OC)c(OC)c5)cn4)nc(N4CCC[C@H]4CO)nn23)cc1.COc1ccc(B(O)O)cc1. The number of anilines is 6. The van der Waals surface area contributed by atoms with Crippen LogP contribution in [-0.4, -0.2) is 171 Å². The standard InChI is InChI=1S/C30H33N7O5.C23H26BrN7O4.C7H9BO3/c1-39-22-9-7-19(8-10-22)23-11-12-24-29(33-30(34-37(23)24)36-13-5-6-20(36)17-38)32-27-16-35(18-31-27)21-14-25(40-2)28(42-4)26(15-21)41-3;1-33-17-9-15(10-18(34-2)21(17)35-3)29-11-20(25-13-29)26-22-16-6-7-19(24)31(16)28-23(27-22)30-8-4-5-14(30)12-32;1-11-7-4-2-6(3-5-7)8(9)10/h7-12,14-16,18,20,38H,5-6,13,17H2,1-4H3,(H,32,33,34);6-7,9-11,13-14,32H,4-5,8,12H2,1-3H3,(H,26,27,28);2-5,9-10H,1H3/t20-;14-;/m00./s1. The number of imidazole rings is 2. The van der Waals surface area contributed by atoms with Crippen molar-refractivity contribution in [3.05, 3.63) is 127 Å². The van der Waals surface area contributed by atoms with E-state index in [0.717, 1.165) is 82.8 Å². The highest BCUT2D eigenvalue weighted by molar-refractivity contribution is 9.10. The van der Waals surface area contributed by atoms with Crippen LogP contribution in [0.3, 0.4) is 0 Å². The van der Waals surface area contributed by atoms with Gasteiger partial charge in [0.15, 0.2) is 34.6 Å². The number of ether oxygens (including phenoxy) is 8. The van der Waals surface area contributed by atoms with Gasteiger partial charge in [0.1, 0.15) is 51.4 Å². The predicted octanol–water partition coefficient (Wildman–Crippen LogP) is 7.10. The van der Waals surface area contributed by atoms with E-state index in [0.29, 0.717) is 80.9 Å². The molecule has 2 fully saturated rings. The number of methoxy groups -OCH3 is 8. The third-order valence-corrected chi connectivity index (χ3v) is 15.6. The van der Waals surface area contributed by atoms with Crippen molar-refractivity contribution in [3.8, 4) is 68.6 Å². The number of benzene rings is 4. The van der Waals surface area contributed by atoms with Crippen LogP contribution in [-0.2, 0) is 0 Å². The van der Waals surface area contributed by atoms with Gasteiger partial charge < -0.3 is 87.7 Å². The van der Waals surface area contributed by atoms with E-state index in [1.54, 1.807) is 98.3 Å². The summed E-state index contributed by atoms with van der Waals surface area (Å²) >= 11 is 3.56. The molecule has 2 atom stereocenters. The fourth-order valence-corrected chi connectivity index (χ4v) is 10.8. The number of nitrogens with zero attached hydrogens (tertiary/aromatic N) is 12. The lowest BCUT2D eigenvalue weighted by Crippen LogP contribution is -2.34. The quantitative estimate of drug-likeness (QED) is 0.0415. The lowest BCUT2D eigenvalue weighted by molar-refractivity contribution is 0.265. The van der Waals surface area contributed by atoms with Crippen LogP contribution >= 0.6 is 15.9 Å². The number of nitrogens with one attached hydrogen (secondary N) is 2. The minimum atomic E-state index is -1.40. The molecule has 0 aliphatic carbocycles. The number of hydrogen-bond acceptors (Lipinski definition) is 22. The summed E-state index contributed by atoms with van der Waals surface area (Å²) in [6, 6.07) is 29.6. The minimum absolute atomic E-state index is 0.00822. The van der Waals surface area contributed by atoms with Crippen molar-refractivity contribution >= 4 is 74.7 Å². The summed E-state index contributed by atoms with van der Waals surface area (Å²) in [4.78, 5) is 22.9. The second kappa shape index (κ2) is 27.9. The second-order valence-corrected chi connectivity index (χ2v) is 20.9. The van der Waals surface area contributed by atoms with Gasteiger partial charge in [0.25, 0.3) is 0 Å². The molecule has 6 aromatic heterocycles. The third kappa shape index (κ3) is 13.1. The second-order valence-electron chi connectivity index (χ2n) is 20.1. The summed E-state index contributed by atoms with van der Waals surface area (Å²) in [6.07, 6.45) is 10.8. The highest BCUT2D eigenvalue weighted by atomic mass is 79.9. The van der Waals surface area contributed by atoms with Crippen molar-refractivity contribution in [2.75, 3.05) is 104 Å². The maximum Gasteiger partial charge on any atom is 0.488 e. The molecule has 0 radical (unpaired) electrons. The third-order valence-electron chi connectivity index (χ3n) is 15.0. The Morgan fingerprint density at radius 3 is 1.39 bits per heavy atom. The number of rotatable bonds is 20. The highest BCUT2D eigenvalue weighted by Gasteiger charge is 2.30. The first kappa shape index (κ1) is 61.6. The molecule has 12 rings (SSSR count). The molecule has 88 heavy (non-hydrogen) atoms. The van der Waals surface area contributed by atoms with E-state index in [1.807, 2.05) is 104 Å².